The lowest BCUT2D eigenvalue weighted by molar-refractivity contribution is -1.08. The molecular formula is C34H44N4O7S+2. The lowest BCUT2D eigenvalue weighted by Crippen LogP contribution is -2.75. The van der Waals surface area contributed by atoms with Crippen molar-refractivity contribution in [3.8, 4) is 11.1 Å². The number of hydrogen-bond donors (Lipinski definition) is 3. The van der Waals surface area contributed by atoms with Crippen LogP contribution < -0.4 is 4.31 Å². The molecule has 12 heteroatoms. The van der Waals surface area contributed by atoms with Gasteiger partial charge >= 0.3 is 5.97 Å². The first kappa shape index (κ1) is 31.3. The molecule has 0 saturated carbocycles. The summed E-state index contributed by atoms with van der Waals surface area (Å²) in [6, 6.07) is 12.4. The molecule has 6 heterocycles. The predicted molar refractivity (Wildman–Crippen MR) is 171 cm³/mol. The zero-order valence-electron chi connectivity index (χ0n) is 26.5. The number of para-hydroxylation sites is 1. The Kier molecular flexibility index (Phi) is 7.60. The molecule has 2 aromatic rings. The molecule has 3 N–H and O–H groups in total. The van der Waals surface area contributed by atoms with E-state index in [4.69, 9.17) is 0 Å². The van der Waals surface area contributed by atoms with Gasteiger partial charge in [0, 0.05) is 36.5 Å². The molecule has 246 valence electrons. The molecule has 2 bridgehead atoms. The van der Waals surface area contributed by atoms with Crippen molar-refractivity contribution in [3.63, 3.8) is 0 Å². The highest BCUT2D eigenvalue weighted by atomic mass is 32.2. The Morgan fingerprint density at radius 2 is 1.65 bits per heavy atom. The van der Waals surface area contributed by atoms with Gasteiger partial charge in [-0.1, -0.05) is 37.3 Å². The quantitative estimate of drug-likeness (QED) is 0.263. The minimum absolute atomic E-state index is 0.178. The van der Waals surface area contributed by atoms with Gasteiger partial charge in [-0.3, -0.25) is 9.10 Å². The largest absolute Gasteiger partial charge is 0.477 e. The summed E-state index contributed by atoms with van der Waals surface area (Å²) in [5, 5.41) is 29.8. The SMILES string of the molecule is C[C@@H](O)[C@H]1C(=O)N2C(C(=O)O)=C(CN3c4ccccc4-c4c(CC[N+]56CC[N+](CCCO)(CC5)CC6)cccc4S3(=O)=O)[C@H](C)[C@H]12. The Balaban J connectivity index is 1.20. The van der Waals surface area contributed by atoms with Crippen molar-refractivity contribution in [1.82, 2.24) is 4.90 Å². The van der Waals surface area contributed by atoms with Gasteiger partial charge in [-0.25, -0.2) is 13.2 Å². The van der Waals surface area contributed by atoms with E-state index in [2.05, 4.69) is 0 Å². The molecule has 6 aliphatic heterocycles. The Hall–Kier alpha value is -3.29. The second-order valence-corrected chi connectivity index (χ2v) is 15.9. The Morgan fingerprint density at radius 1 is 1.00 bits per heavy atom. The van der Waals surface area contributed by atoms with Gasteiger partial charge in [-0.05, 0) is 30.2 Å². The number of hydrogen-bond acceptors (Lipinski definition) is 6. The first-order valence-corrected chi connectivity index (χ1v) is 17.9. The summed E-state index contributed by atoms with van der Waals surface area (Å²) in [6.07, 6.45) is 0.645. The van der Waals surface area contributed by atoms with Gasteiger partial charge in [0.05, 0.1) is 48.3 Å². The van der Waals surface area contributed by atoms with E-state index in [0.29, 0.717) is 11.3 Å². The van der Waals surface area contributed by atoms with Crippen molar-refractivity contribution in [1.29, 1.82) is 0 Å². The average molecular weight is 653 g/mol. The summed E-state index contributed by atoms with van der Waals surface area (Å²) in [5.74, 6) is -2.89. The third-order valence-corrected chi connectivity index (χ3v) is 13.5. The maximum absolute atomic E-state index is 14.5. The minimum Gasteiger partial charge on any atom is -0.477 e. The molecular weight excluding hydrogens is 608 g/mol. The number of quaternary nitrogens is 2. The number of aliphatic carboxylic acids is 1. The summed E-state index contributed by atoms with van der Waals surface area (Å²) in [5.41, 5.74) is 3.19. The van der Waals surface area contributed by atoms with Gasteiger partial charge in [0.1, 0.15) is 45.0 Å². The van der Waals surface area contributed by atoms with E-state index < -0.39 is 45.9 Å². The molecule has 0 aliphatic carbocycles. The summed E-state index contributed by atoms with van der Waals surface area (Å²) in [7, 11) is -4.08. The molecule has 4 fully saturated rings. The highest BCUT2D eigenvalue weighted by molar-refractivity contribution is 7.93. The summed E-state index contributed by atoms with van der Waals surface area (Å²) >= 11 is 0. The lowest BCUT2D eigenvalue weighted by Gasteiger charge is -2.55. The van der Waals surface area contributed by atoms with Crippen LogP contribution in [-0.4, -0.2) is 127 Å². The van der Waals surface area contributed by atoms with E-state index in [1.807, 2.05) is 25.1 Å². The first-order valence-electron chi connectivity index (χ1n) is 16.5. The van der Waals surface area contributed by atoms with Gasteiger partial charge in [0.2, 0.25) is 5.91 Å². The number of carboxylic acid groups (broad SMARTS) is 1. The fourth-order valence-corrected chi connectivity index (χ4v) is 10.7. The van der Waals surface area contributed by atoms with Crippen LogP contribution in [0.3, 0.4) is 0 Å². The van der Waals surface area contributed by atoms with Crippen molar-refractivity contribution in [2.75, 3.05) is 69.8 Å². The number of carbonyl (C=O) groups excluding carboxylic acids is 1. The molecule has 1 amide bonds. The van der Waals surface area contributed by atoms with Crippen LogP contribution in [0.4, 0.5) is 5.69 Å². The van der Waals surface area contributed by atoms with Crippen LogP contribution in [0.15, 0.2) is 58.6 Å². The van der Waals surface area contributed by atoms with E-state index in [1.54, 1.807) is 24.3 Å². The molecule has 11 nitrogen and oxygen atoms in total. The standard InChI is InChI=1S/C34H43N4O7S/c1-22-26(32(34(42)43)36-31(22)29(23(2)40)33(36)41)21-35-27-9-4-3-8-25(27)30-24(7-5-10-28(30)46(35,44)45)11-13-38-17-14-37(15-18-38,16-19-38)12-6-20-39/h3-5,7-10,22-23,29,31,39-40H,6,11-21H2,1-2H3/q+1/p+1/t22-,23+,29+,31+,37?,38?/m0/s1. The van der Waals surface area contributed by atoms with Gasteiger partial charge in [0.25, 0.3) is 10.0 Å². The number of rotatable bonds is 10. The highest BCUT2D eigenvalue weighted by Crippen LogP contribution is 2.50. The van der Waals surface area contributed by atoms with E-state index in [9.17, 15) is 33.3 Å². The smallest absolute Gasteiger partial charge is 0.352 e. The van der Waals surface area contributed by atoms with Crippen LogP contribution in [0.25, 0.3) is 11.1 Å². The molecule has 0 aromatic heterocycles. The third-order valence-electron chi connectivity index (χ3n) is 11.7. The normalized spacial score (nSPS) is 31.3. The number of piperazine rings is 3. The van der Waals surface area contributed by atoms with E-state index in [0.717, 1.165) is 90.9 Å². The van der Waals surface area contributed by atoms with Crippen LogP contribution in [0, 0.1) is 11.8 Å². The zero-order chi connectivity index (χ0) is 32.6. The monoisotopic (exact) mass is 652 g/mol. The van der Waals surface area contributed by atoms with Crippen LogP contribution in [-0.2, 0) is 26.0 Å². The molecule has 4 saturated heterocycles. The molecule has 8 rings (SSSR count). The van der Waals surface area contributed by atoms with Crippen molar-refractivity contribution in [2.45, 2.75) is 43.7 Å². The molecule has 6 aliphatic rings. The Labute approximate surface area is 270 Å². The first-order chi connectivity index (χ1) is 21.9. The molecule has 2 aromatic carbocycles. The fraction of sp³-hybridized carbons (Fsp3) is 0.529. The summed E-state index contributed by atoms with van der Waals surface area (Å²) in [4.78, 5) is 26.8. The number of carboxylic acids is 1. The maximum atomic E-state index is 14.5. The maximum Gasteiger partial charge on any atom is 0.352 e. The van der Waals surface area contributed by atoms with Crippen molar-refractivity contribution in [2.24, 2.45) is 11.8 Å². The van der Waals surface area contributed by atoms with Crippen LogP contribution >= 0.6 is 0 Å². The summed E-state index contributed by atoms with van der Waals surface area (Å²) in [6.45, 7) is 12.0. The van der Waals surface area contributed by atoms with Gasteiger partial charge in [0.15, 0.2) is 0 Å². The van der Waals surface area contributed by atoms with Crippen LogP contribution in [0.2, 0.25) is 0 Å². The van der Waals surface area contributed by atoms with Crippen molar-refractivity contribution >= 4 is 27.6 Å². The average Bonchev–Trinajstić information content (AvgIpc) is 3.29. The second kappa shape index (κ2) is 11.2. The number of aliphatic hydroxyl groups is 2. The number of fused-ring (bicyclic) bond motifs is 7. The number of nitrogens with zero attached hydrogens (tertiary/aromatic N) is 4. The Morgan fingerprint density at radius 3 is 2.28 bits per heavy atom. The second-order valence-electron chi connectivity index (χ2n) is 14.1. The van der Waals surface area contributed by atoms with Crippen LogP contribution in [0.5, 0.6) is 0 Å². The van der Waals surface area contributed by atoms with E-state index in [-0.39, 0.29) is 23.7 Å². The molecule has 4 atom stereocenters. The number of sulfonamides is 1. The van der Waals surface area contributed by atoms with Crippen molar-refractivity contribution in [3.05, 3.63) is 59.3 Å². The number of aliphatic hydroxyl groups excluding tert-OH is 2. The minimum atomic E-state index is -4.08. The van der Waals surface area contributed by atoms with Gasteiger partial charge < -0.3 is 29.2 Å². The Bertz CT molecular complexity index is 1710. The number of anilines is 1. The van der Waals surface area contributed by atoms with Crippen molar-refractivity contribution < 1.29 is 42.3 Å². The van der Waals surface area contributed by atoms with Crippen LogP contribution in [0.1, 0.15) is 25.8 Å². The molecule has 46 heavy (non-hydrogen) atoms. The fourth-order valence-electron chi connectivity index (χ4n) is 9.01. The topological polar surface area (TPSA) is 135 Å². The van der Waals surface area contributed by atoms with E-state index in [1.165, 1.54) is 16.1 Å². The molecule has 0 unspecified atom stereocenters. The number of carbonyl (C=O) groups is 2. The lowest BCUT2D eigenvalue weighted by atomic mass is 9.77. The highest BCUT2D eigenvalue weighted by Gasteiger charge is 2.60. The third kappa shape index (κ3) is 4.63. The van der Waals surface area contributed by atoms with Gasteiger partial charge in [-0.2, -0.15) is 0 Å². The number of benzene rings is 2. The van der Waals surface area contributed by atoms with Gasteiger partial charge in [-0.15, -0.1) is 0 Å². The number of amides is 1. The predicted octanol–water partition coefficient (Wildman–Crippen LogP) is 1.64. The summed E-state index contributed by atoms with van der Waals surface area (Å²) < 4.78 is 32.4. The molecule has 0 spiro atoms. The zero-order valence-corrected chi connectivity index (χ0v) is 27.3. The number of β-lactam (4-membered cyclic amide) rings is 1. The molecule has 0 radical (unpaired) electrons. The van der Waals surface area contributed by atoms with E-state index >= 15 is 0 Å².